The van der Waals surface area contributed by atoms with Crippen LogP contribution in [0.5, 0.6) is 11.5 Å². The SMILES string of the molecule is CN(C(=N)SC(=N)c1c(O)cc(-c2ccn(C)c(=O)c2)cc1OC(F)(F)F)C1CC(C)(C)NC(C)(C)C1. The van der Waals surface area contributed by atoms with Gasteiger partial charge in [0.1, 0.15) is 16.5 Å². The van der Waals surface area contributed by atoms with Crippen molar-refractivity contribution in [2.45, 2.75) is 64.0 Å². The molecule has 3 rings (SSSR count). The molecule has 202 valence electrons. The third-order valence-electron chi connectivity index (χ3n) is 6.21. The predicted octanol–water partition coefficient (Wildman–Crippen LogP) is 4.89. The fourth-order valence-electron chi connectivity index (χ4n) is 4.86. The zero-order chi connectivity index (χ0) is 27.9. The van der Waals surface area contributed by atoms with Crippen LogP contribution >= 0.6 is 11.8 Å². The number of thioether (sulfide) groups is 1. The van der Waals surface area contributed by atoms with Crippen molar-refractivity contribution in [1.29, 1.82) is 10.8 Å². The largest absolute Gasteiger partial charge is 0.573 e. The lowest BCUT2D eigenvalue weighted by atomic mass is 9.79. The molecule has 0 unspecified atom stereocenters. The fraction of sp³-hybridized carbons (Fsp3) is 0.480. The number of amidine groups is 1. The highest BCUT2D eigenvalue weighted by Gasteiger charge is 2.40. The van der Waals surface area contributed by atoms with E-state index in [0.717, 1.165) is 18.9 Å². The molecule has 1 saturated heterocycles. The number of pyridine rings is 1. The molecule has 0 atom stereocenters. The van der Waals surface area contributed by atoms with Crippen molar-refractivity contribution >= 4 is 22.0 Å². The van der Waals surface area contributed by atoms with E-state index >= 15 is 0 Å². The Bertz CT molecular complexity index is 1260. The van der Waals surface area contributed by atoms with Crippen LogP contribution in [0.1, 0.15) is 46.1 Å². The third-order valence-corrected chi connectivity index (χ3v) is 7.10. The summed E-state index contributed by atoms with van der Waals surface area (Å²) in [5, 5.41) is 30.8. The van der Waals surface area contributed by atoms with Crippen LogP contribution in [-0.2, 0) is 7.05 Å². The molecule has 2 heterocycles. The number of alkyl halides is 3. The lowest BCUT2D eigenvalue weighted by Crippen LogP contribution is -2.62. The summed E-state index contributed by atoms with van der Waals surface area (Å²) in [6, 6.07) is 4.89. The van der Waals surface area contributed by atoms with E-state index < -0.39 is 28.5 Å². The number of piperidine rings is 1. The van der Waals surface area contributed by atoms with Gasteiger partial charge in [-0.05, 0) is 81.6 Å². The highest BCUT2D eigenvalue weighted by atomic mass is 32.2. The molecule has 1 aliphatic rings. The normalized spacial score (nSPS) is 17.3. The van der Waals surface area contributed by atoms with Crippen molar-refractivity contribution in [3.63, 3.8) is 0 Å². The second-order valence-electron chi connectivity index (χ2n) is 10.6. The van der Waals surface area contributed by atoms with Crippen LogP contribution < -0.4 is 15.6 Å². The molecule has 1 aromatic carbocycles. The quantitative estimate of drug-likeness (QED) is 0.325. The lowest BCUT2D eigenvalue weighted by Gasteiger charge is -2.49. The maximum absolute atomic E-state index is 13.3. The number of phenolic OH excluding ortho intramolecular Hbond substituents is 1. The minimum Gasteiger partial charge on any atom is -0.507 e. The maximum Gasteiger partial charge on any atom is 0.573 e. The Morgan fingerprint density at radius 2 is 1.76 bits per heavy atom. The first-order valence-electron chi connectivity index (χ1n) is 11.5. The number of ether oxygens (including phenoxy) is 1. The molecule has 0 aliphatic carbocycles. The van der Waals surface area contributed by atoms with Gasteiger partial charge in [0.2, 0.25) is 0 Å². The number of aryl methyl sites for hydroxylation is 1. The van der Waals surface area contributed by atoms with Gasteiger partial charge < -0.3 is 24.6 Å². The van der Waals surface area contributed by atoms with E-state index in [9.17, 15) is 23.1 Å². The summed E-state index contributed by atoms with van der Waals surface area (Å²) in [6.07, 6.45) is -2.19. The smallest absolute Gasteiger partial charge is 0.507 e. The number of phenols is 1. The fourth-order valence-corrected chi connectivity index (χ4v) is 5.65. The van der Waals surface area contributed by atoms with Crippen LogP contribution in [0, 0.1) is 10.8 Å². The van der Waals surface area contributed by atoms with Crippen molar-refractivity contribution < 1.29 is 23.0 Å². The van der Waals surface area contributed by atoms with E-state index in [1.807, 2.05) is 0 Å². The first kappa shape index (κ1) is 28.6. The molecule has 1 aromatic heterocycles. The van der Waals surface area contributed by atoms with Crippen molar-refractivity contribution in [2.75, 3.05) is 7.05 Å². The van der Waals surface area contributed by atoms with Gasteiger partial charge in [0.25, 0.3) is 5.56 Å². The van der Waals surface area contributed by atoms with E-state index in [1.165, 1.54) is 36.0 Å². The molecule has 0 saturated carbocycles. The van der Waals surface area contributed by atoms with Crippen LogP contribution in [0.3, 0.4) is 0 Å². The number of nitrogens with zero attached hydrogens (tertiary/aromatic N) is 2. The van der Waals surface area contributed by atoms with Crippen LogP contribution in [0.4, 0.5) is 13.2 Å². The van der Waals surface area contributed by atoms with Gasteiger partial charge >= 0.3 is 6.36 Å². The molecule has 1 aliphatic heterocycles. The Morgan fingerprint density at radius 1 is 1.16 bits per heavy atom. The molecular weight excluding hydrogens is 507 g/mol. The van der Waals surface area contributed by atoms with Crippen LogP contribution in [0.25, 0.3) is 11.1 Å². The predicted molar refractivity (Wildman–Crippen MR) is 140 cm³/mol. The van der Waals surface area contributed by atoms with Crippen LogP contribution in [-0.4, -0.2) is 55.3 Å². The van der Waals surface area contributed by atoms with Gasteiger partial charge in [-0.15, -0.1) is 13.2 Å². The summed E-state index contributed by atoms with van der Waals surface area (Å²) in [4.78, 5) is 13.7. The van der Waals surface area contributed by atoms with Crippen LogP contribution in [0.2, 0.25) is 0 Å². The Hall–Kier alpha value is -2.99. The maximum atomic E-state index is 13.3. The van der Waals surface area contributed by atoms with Crippen molar-refractivity contribution in [3.8, 4) is 22.6 Å². The van der Waals surface area contributed by atoms with Gasteiger partial charge in [0, 0.05) is 43.5 Å². The average Bonchev–Trinajstić information content (AvgIpc) is 2.71. The van der Waals surface area contributed by atoms with Gasteiger partial charge in [-0.25, -0.2) is 0 Å². The summed E-state index contributed by atoms with van der Waals surface area (Å²) in [5.74, 6) is -1.42. The second-order valence-corrected chi connectivity index (χ2v) is 11.6. The summed E-state index contributed by atoms with van der Waals surface area (Å²) in [5.41, 5.74) is -0.872. The van der Waals surface area contributed by atoms with Gasteiger partial charge in [-0.2, -0.15) is 0 Å². The van der Waals surface area contributed by atoms with Crippen molar-refractivity contribution in [3.05, 3.63) is 46.4 Å². The first-order valence-corrected chi connectivity index (χ1v) is 12.4. The summed E-state index contributed by atoms with van der Waals surface area (Å²) >= 11 is 0.627. The molecule has 1 fully saturated rings. The molecule has 0 radical (unpaired) electrons. The average molecular weight is 540 g/mol. The molecular formula is C25H32F3N5O3S. The highest BCUT2D eigenvalue weighted by molar-refractivity contribution is 8.26. The van der Waals surface area contributed by atoms with Crippen molar-refractivity contribution in [2.24, 2.45) is 7.05 Å². The van der Waals surface area contributed by atoms with Crippen molar-refractivity contribution in [1.82, 2.24) is 14.8 Å². The lowest BCUT2D eigenvalue weighted by molar-refractivity contribution is -0.274. The number of hydrogen-bond donors (Lipinski definition) is 4. The molecule has 0 amide bonds. The molecule has 2 aromatic rings. The van der Waals surface area contributed by atoms with Gasteiger partial charge in [0.15, 0.2) is 5.17 Å². The molecule has 4 N–H and O–H groups in total. The van der Waals surface area contributed by atoms with E-state index in [2.05, 4.69) is 37.7 Å². The zero-order valence-corrected chi connectivity index (χ0v) is 22.4. The minimum atomic E-state index is -5.09. The van der Waals surface area contributed by atoms with E-state index in [4.69, 9.17) is 10.8 Å². The number of aromatic nitrogens is 1. The summed E-state index contributed by atoms with van der Waals surface area (Å²) in [7, 11) is 3.25. The number of hydrogen-bond acceptors (Lipinski definition) is 7. The Labute approximate surface area is 217 Å². The second kappa shape index (κ2) is 10.1. The Morgan fingerprint density at radius 3 is 2.30 bits per heavy atom. The van der Waals surface area contributed by atoms with E-state index in [1.54, 1.807) is 11.9 Å². The molecule has 37 heavy (non-hydrogen) atoms. The third kappa shape index (κ3) is 7.07. The summed E-state index contributed by atoms with van der Waals surface area (Å²) < 4.78 is 45.2. The molecule has 8 nitrogen and oxygen atoms in total. The monoisotopic (exact) mass is 539 g/mol. The van der Waals surface area contributed by atoms with Gasteiger partial charge in [-0.1, -0.05) is 0 Å². The highest BCUT2D eigenvalue weighted by Crippen LogP contribution is 2.40. The number of halogens is 3. The molecule has 0 bridgehead atoms. The number of rotatable bonds is 4. The number of benzene rings is 1. The minimum absolute atomic E-state index is 0.0402. The van der Waals surface area contributed by atoms with E-state index in [-0.39, 0.29) is 39.0 Å². The Kier molecular flexibility index (Phi) is 7.76. The van der Waals surface area contributed by atoms with Crippen LogP contribution in [0.15, 0.2) is 35.3 Å². The molecule has 12 heteroatoms. The Balaban J connectivity index is 1.92. The zero-order valence-electron chi connectivity index (χ0n) is 21.6. The standard InChI is InChI=1S/C25H32F3N5O3S/c1-23(2)12-16(13-24(3,4)31-23)33(6)22(30)37-21(29)20-17(34)9-15(10-18(20)36-25(26,27)28)14-7-8-32(5)19(35)11-14/h7-11,16,29-31,34H,12-13H2,1-6H3. The number of nitrogens with one attached hydrogen (secondary N) is 3. The topological polar surface area (TPSA) is 114 Å². The van der Waals surface area contributed by atoms with E-state index in [0.29, 0.717) is 11.8 Å². The van der Waals surface area contributed by atoms with Gasteiger partial charge in [-0.3, -0.25) is 15.6 Å². The molecule has 0 spiro atoms. The number of aromatic hydroxyl groups is 1. The first-order chi connectivity index (χ1) is 16.9. The summed E-state index contributed by atoms with van der Waals surface area (Å²) in [6.45, 7) is 8.26. The van der Waals surface area contributed by atoms with Gasteiger partial charge in [0.05, 0.1) is 5.56 Å².